The molecule has 0 saturated heterocycles. The number of rotatable bonds is 34. The molecule has 0 spiro atoms. The summed E-state index contributed by atoms with van der Waals surface area (Å²) in [5.74, 6) is -1.35. The third-order valence-electron chi connectivity index (χ3n) is 8.51. The van der Waals surface area contributed by atoms with Crippen molar-refractivity contribution in [3.05, 3.63) is 12.2 Å². The molecule has 4 heteroatoms. The lowest BCUT2D eigenvalue weighted by Crippen LogP contribution is -2.27. The number of carboxylic acid groups (broad SMARTS) is 1. The fourth-order valence-corrected chi connectivity index (χ4v) is 5.67. The van der Waals surface area contributed by atoms with Gasteiger partial charge < -0.3 is 9.84 Å². The summed E-state index contributed by atoms with van der Waals surface area (Å²) >= 11 is 0. The van der Waals surface area contributed by atoms with Crippen molar-refractivity contribution in [2.75, 3.05) is 0 Å². The van der Waals surface area contributed by atoms with E-state index in [1.165, 1.54) is 148 Å². The Labute approximate surface area is 262 Å². The Kier molecular flexibility index (Phi) is 33.1. The lowest BCUT2D eigenvalue weighted by atomic mass is 10.0. The fraction of sp³-hybridized carbons (Fsp3) is 0.895. The third-order valence-corrected chi connectivity index (χ3v) is 8.51. The van der Waals surface area contributed by atoms with Gasteiger partial charge in [-0.25, -0.2) is 4.79 Å². The molecule has 0 aliphatic rings. The Balaban J connectivity index is 3.48. The minimum absolute atomic E-state index is 0.343. The molecule has 0 aromatic heterocycles. The van der Waals surface area contributed by atoms with Crippen LogP contribution in [-0.2, 0) is 14.3 Å². The molecule has 248 valence electrons. The maximum Gasteiger partial charge on any atom is 0.345 e. The standard InChI is InChI=1S/C38H72O4/c1-3-5-7-9-11-13-15-16-17-18-19-20-21-22-23-24-25-27-29-31-33-35-37(39)42-36(38(40)41)34-32-30-28-26-14-12-10-8-6-4-2/h16-17,36H,3-15,18-35H2,1-2H3,(H,40,41)/b17-16-. The molecule has 0 fully saturated rings. The fourth-order valence-electron chi connectivity index (χ4n) is 5.67. The predicted molar refractivity (Wildman–Crippen MR) is 181 cm³/mol. The number of carbonyl (C=O) groups excluding carboxylic acids is 1. The van der Waals surface area contributed by atoms with Gasteiger partial charge in [0.25, 0.3) is 0 Å². The van der Waals surface area contributed by atoms with Crippen molar-refractivity contribution in [2.24, 2.45) is 0 Å². The number of esters is 1. The summed E-state index contributed by atoms with van der Waals surface area (Å²) in [5, 5.41) is 9.43. The number of hydrogen-bond acceptors (Lipinski definition) is 3. The van der Waals surface area contributed by atoms with Crippen LogP contribution in [0.3, 0.4) is 0 Å². The first-order chi connectivity index (χ1) is 20.6. The van der Waals surface area contributed by atoms with Crippen molar-refractivity contribution >= 4 is 11.9 Å². The predicted octanol–water partition coefficient (Wildman–Crippen LogP) is 12.7. The number of hydrogen-bond donors (Lipinski definition) is 1. The Bertz CT molecular complexity index is 600. The van der Waals surface area contributed by atoms with Crippen LogP contribution >= 0.6 is 0 Å². The Morgan fingerprint density at radius 1 is 0.500 bits per heavy atom. The van der Waals surface area contributed by atoms with Crippen LogP contribution < -0.4 is 0 Å². The lowest BCUT2D eigenvalue weighted by molar-refractivity contribution is -0.164. The van der Waals surface area contributed by atoms with Crippen LogP contribution in [-0.4, -0.2) is 23.1 Å². The summed E-state index contributed by atoms with van der Waals surface area (Å²) < 4.78 is 5.30. The molecular weight excluding hydrogens is 520 g/mol. The maximum absolute atomic E-state index is 12.2. The Morgan fingerprint density at radius 2 is 0.833 bits per heavy atom. The molecule has 0 heterocycles. The van der Waals surface area contributed by atoms with E-state index in [0.29, 0.717) is 12.8 Å². The maximum atomic E-state index is 12.2. The molecule has 0 aliphatic heterocycles. The van der Waals surface area contributed by atoms with Crippen LogP contribution in [0.1, 0.15) is 213 Å². The summed E-state index contributed by atoms with van der Waals surface area (Å²) in [7, 11) is 0. The molecule has 0 aromatic carbocycles. The van der Waals surface area contributed by atoms with Crippen molar-refractivity contribution < 1.29 is 19.4 Å². The number of carboxylic acids is 1. The molecule has 0 saturated carbocycles. The molecule has 0 rings (SSSR count). The highest BCUT2D eigenvalue weighted by Gasteiger charge is 2.21. The zero-order chi connectivity index (χ0) is 30.8. The van der Waals surface area contributed by atoms with Crippen molar-refractivity contribution in [1.82, 2.24) is 0 Å². The number of ether oxygens (including phenoxy) is 1. The molecule has 0 aromatic rings. The van der Waals surface area contributed by atoms with Gasteiger partial charge in [0.2, 0.25) is 0 Å². The second-order valence-electron chi connectivity index (χ2n) is 12.7. The van der Waals surface area contributed by atoms with Crippen LogP contribution in [0.15, 0.2) is 12.2 Å². The molecule has 1 N–H and O–H groups in total. The van der Waals surface area contributed by atoms with Gasteiger partial charge in [0.1, 0.15) is 0 Å². The van der Waals surface area contributed by atoms with E-state index in [1.54, 1.807) is 0 Å². The first-order valence-corrected chi connectivity index (χ1v) is 18.7. The summed E-state index contributed by atoms with van der Waals surface area (Å²) in [6, 6.07) is 0. The van der Waals surface area contributed by atoms with Gasteiger partial charge in [0.05, 0.1) is 0 Å². The number of unbranched alkanes of at least 4 members (excludes halogenated alkanes) is 26. The SMILES string of the molecule is CCCCCCCC/C=C\CCCCCCCCCCCCCC(=O)OC(CCCCCCCCCCCC)C(=O)O. The third kappa shape index (κ3) is 31.6. The van der Waals surface area contributed by atoms with Crippen molar-refractivity contribution in [1.29, 1.82) is 0 Å². The largest absolute Gasteiger partial charge is 0.479 e. The highest BCUT2D eigenvalue weighted by molar-refractivity contribution is 5.77. The van der Waals surface area contributed by atoms with Gasteiger partial charge in [-0.3, -0.25) is 4.79 Å². The van der Waals surface area contributed by atoms with E-state index in [4.69, 9.17) is 4.74 Å². The smallest absolute Gasteiger partial charge is 0.345 e. The Morgan fingerprint density at radius 3 is 1.21 bits per heavy atom. The van der Waals surface area contributed by atoms with Crippen molar-refractivity contribution in [3.8, 4) is 0 Å². The van der Waals surface area contributed by atoms with Gasteiger partial charge in [-0.2, -0.15) is 0 Å². The molecule has 0 radical (unpaired) electrons. The van der Waals surface area contributed by atoms with Gasteiger partial charge in [-0.1, -0.05) is 174 Å². The summed E-state index contributed by atoms with van der Waals surface area (Å²) in [4.78, 5) is 23.7. The average Bonchev–Trinajstić information content (AvgIpc) is 2.98. The topological polar surface area (TPSA) is 63.6 Å². The van der Waals surface area contributed by atoms with E-state index in [0.717, 1.165) is 38.5 Å². The summed E-state index contributed by atoms with van der Waals surface area (Å²) in [6.45, 7) is 4.52. The summed E-state index contributed by atoms with van der Waals surface area (Å²) in [5.41, 5.74) is 0. The molecule has 1 unspecified atom stereocenters. The summed E-state index contributed by atoms with van der Waals surface area (Å²) in [6.07, 6.45) is 41.1. The molecule has 1 atom stereocenters. The van der Waals surface area contributed by atoms with Gasteiger partial charge in [0.15, 0.2) is 6.10 Å². The lowest BCUT2D eigenvalue weighted by Gasteiger charge is -2.13. The van der Waals surface area contributed by atoms with Crippen molar-refractivity contribution in [3.63, 3.8) is 0 Å². The minimum atomic E-state index is -1.00. The van der Waals surface area contributed by atoms with Gasteiger partial charge in [0, 0.05) is 6.42 Å². The molecule has 0 bridgehead atoms. The highest BCUT2D eigenvalue weighted by atomic mass is 16.6. The molecular formula is C38H72O4. The molecule has 0 amide bonds. The first-order valence-electron chi connectivity index (χ1n) is 18.7. The van der Waals surface area contributed by atoms with Crippen LogP contribution in [0, 0.1) is 0 Å². The number of aliphatic carboxylic acids is 1. The average molecular weight is 593 g/mol. The second kappa shape index (κ2) is 34.2. The van der Waals surface area contributed by atoms with Crippen molar-refractivity contribution in [2.45, 2.75) is 219 Å². The van der Waals surface area contributed by atoms with E-state index >= 15 is 0 Å². The quantitative estimate of drug-likeness (QED) is 0.0458. The van der Waals surface area contributed by atoms with Gasteiger partial charge >= 0.3 is 11.9 Å². The van der Waals surface area contributed by atoms with Crippen LogP contribution in [0.4, 0.5) is 0 Å². The van der Waals surface area contributed by atoms with E-state index < -0.39 is 12.1 Å². The monoisotopic (exact) mass is 593 g/mol. The van der Waals surface area contributed by atoms with Crippen LogP contribution in [0.5, 0.6) is 0 Å². The molecule has 42 heavy (non-hydrogen) atoms. The second-order valence-corrected chi connectivity index (χ2v) is 12.7. The first kappa shape index (κ1) is 40.7. The van der Waals surface area contributed by atoms with E-state index in [1.807, 2.05) is 0 Å². The van der Waals surface area contributed by atoms with Crippen LogP contribution in [0.2, 0.25) is 0 Å². The Hall–Kier alpha value is -1.32. The van der Waals surface area contributed by atoms with E-state index in [2.05, 4.69) is 26.0 Å². The van der Waals surface area contributed by atoms with E-state index in [-0.39, 0.29) is 5.97 Å². The van der Waals surface area contributed by atoms with E-state index in [9.17, 15) is 14.7 Å². The highest BCUT2D eigenvalue weighted by Crippen LogP contribution is 2.16. The van der Waals surface area contributed by atoms with Crippen LogP contribution in [0.25, 0.3) is 0 Å². The number of carbonyl (C=O) groups is 2. The normalized spacial score (nSPS) is 12.2. The molecule has 4 nitrogen and oxygen atoms in total. The zero-order valence-corrected chi connectivity index (χ0v) is 28.3. The minimum Gasteiger partial charge on any atom is -0.479 e. The molecule has 0 aliphatic carbocycles. The van der Waals surface area contributed by atoms with Gasteiger partial charge in [-0.05, 0) is 44.9 Å². The zero-order valence-electron chi connectivity index (χ0n) is 28.3. The number of allylic oxidation sites excluding steroid dienone is 2. The van der Waals surface area contributed by atoms with Gasteiger partial charge in [-0.15, -0.1) is 0 Å².